The first-order chi connectivity index (χ1) is 10.5. The molecule has 2 atom stereocenters. The highest BCUT2D eigenvalue weighted by Crippen LogP contribution is 2.42. The fraction of sp³-hybridized carbons (Fsp3) is 0.500. The molecule has 1 aromatic carbocycles. The lowest BCUT2D eigenvalue weighted by Crippen LogP contribution is -2.31. The van der Waals surface area contributed by atoms with Crippen molar-refractivity contribution in [1.82, 2.24) is 0 Å². The molecule has 1 aromatic rings. The molecule has 0 fully saturated rings. The van der Waals surface area contributed by atoms with Crippen LogP contribution in [0.5, 0.6) is 0 Å². The Morgan fingerprint density at radius 2 is 1.73 bits per heavy atom. The van der Waals surface area contributed by atoms with Crippen LogP contribution in [0.4, 0.5) is 0 Å². The Kier molecular flexibility index (Phi) is 4.03. The maximum absolute atomic E-state index is 12.9. The monoisotopic (exact) mass is 296 g/mol. The van der Waals surface area contributed by atoms with Gasteiger partial charge in [0.1, 0.15) is 0 Å². The maximum Gasteiger partial charge on any atom is 0.190 e. The van der Waals surface area contributed by atoms with Crippen LogP contribution in [-0.4, -0.2) is 11.6 Å². The van der Waals surface area contributed by atoms with Gasteiger partial charge < -0.3 is 0 Å². The summed E-state index contributed by atoms with van der Waals surface area (Å²) >= 11 is 0. The van der Waals surface area contributed by atoms with Gasteiger partial charge in [-0.3, -0.25) is 9.59 Å². The molecule has 0 saturated carbocycles. The Morgan fingerprint density at radius 3 is 2.36 bits per heavy atom. The summed E-state index contributed by atoms with van der Waals surface area (Å²) in [5.74, 6) is 1.56. The number of Topliss-reactive ketones (excluding diaryl/α,β-unsaturated/α-hetero) is 2. The number of carbonyl (C=O) groups excluding carboxylic acids is 2. The lowest BCUT2D eigenvalue weighted by atomic mass is 9.68. The van der Waals surface area contributed by atoms with Crippen molar-refractivity contribution in [2.75, 3.05) is 0 Å². The smallest absolute Gasteiger partial charge is 0.190 e. The van der Waals surface area contributed by atoms with E-state index in [9.17, 15) is 9.59 Å². The van der Waals surface area contributed by atoms with Gasteiger partial charge in [-0.1, -0.05) is 51.5 Å². The highest BCUT2D eigenvalue weighted by atomic mass is 16.1. The molecule has 0 saturated heterocycles. The number of fused-ring (bicyclic) bond motifs is 1. The molecule has 0 heterocycles. The molecular formula is C20H24O2. The number of allylic oxidation sites excluding steroid dienone is 2. The minimum atomic E-state index is 0.0892. The first-order valence-electron chi connectivity index (χ1n) is 8.40. The van der Waals surface area contributed by atoms with E-state index in [0.29, 0.717) is 23.0 Å². The average Bonchev–Trinajstić information content (AvgIpc) is 2.50. The summed E-state index contributed by atoms with van der Waals surface area (Å²) in [6, 6.07) is 7.29. The minimum Gasteiger partial charge on any atom is -0.289 e. The van der Waals surface area contributed by atoms with Crippen molar-refractivity contribution in [3.8, 4) is 0 Å². The molecule has 2 aliphatic carbocycles. The van der Waals surface area contributed by atoms with Gasteiger partial charge in [-0.2, -0.15) is 0 Å². The van der Waals surface area contributed by atoms with Crippen LogP contribution in [0, 0.1) is 17.8 Å². The van der Waals surface area contributed by atoms with E-state index in [1.54, 1.807) is 12.1 Å². The Hall–Kier alpha value is -1.70. The molecule has 116 valence electrons. The molecule has 0 bridgehead atoms. The van der Waals surface area contributed by atoms with Crippen LogP contribution >= 0.6 is 0 Å². The molecule has 2 heteroatoms. The molecule has 0 radical (unpaired) electrons. The molecular weight excluding hydrogens is 272 g/mol. The first kappa shape index (κ1) is 15.2. The quantitative estimate of drug-likeness (QED) is 0.799. The predicted molar refractivity (Wildman–Crippen MR) is 88.1 cm³/mol. The first-order valence-corrected chi connectivity index (χ1v) is 8.40. The summed E-state index contributed by atoms with van der Waals surface area (Å²) in [6.07, 6.45) is 3.92. The third-order valence-corrected chi connectivity index (χ3v) is 5.00. The number of hydrogen-bond acceptors (Lipinski definition) is 2. The van der Waals surface area contributed by atoms with Gasteiger partial charge in [0.25, 0.3) is 0 Å². The minimum absolute atomic E-state index is 0.0892. The van der Waals surface area contributed by atoms with Gasteiger partial charge >= 0.3 is 0 Å². The molecule has 2 unspecified atom stereocenters. The Labute approximate surface area is 132 Å². The number of carbonyl (C=O) groups is 2. The Balaban J connectivity index is 2.03. The van der Waals surface area contributed by atoms with Crippen LogP contribution in [0.25, 0.3) is 0 Å². The van der Waals surface area contributed by atoms with Crippen LogP contribution in [-0.2, 0) is 0 Å². The van der Waals surface area contributed by atoms with Gasteiger partial charge in [0.15, 0.2) is 11.6 Å². The lowest BCUT2D eigenvalue weighted by Gasteiger charge is -2.34. The number of benzene rings is 1. The Morgan fingerprint density at radius 1 is 1.09 bits per heavy atom. The molecule has 0 amide bonds. The van der Waals surface area contributed by atoms with Crippen molar-refractivity contribution in [2.24, 2.45) is 17.8 Å². The second-order valence-electron chi connectivity index (χ2n) is 7.31. The average molecular weight is 296 g/mol. The lowest BCUT2D eigenvalue weighted by molar-refractivity contribution is 0.0945. The highest BCUT2D eigenvalue weighted by Gasteiger charge is 2.39. The normalized spacial score (nSPS) is 24.5. The second kappa shape index (κ2) is 5.83. The summed E-state index contributed by atoms with van der Waals surface area (Å²) in [7, 11) is 0. The molecule has 0 aliphatic heterocycles. The van der Waals surface area contributed by atoms with E-state index in [1.807, 2.05) is 12.1 Å². The summed E-state index contributed by atoms with van der Waals surface area (Å²) < 4.78 is 0. The molecule has 0 N–H and O–H groups in total. The van der Waals surface area contributed by atoms with Gasteiger partial charge in [0.2, 0.25) is 0 Å². The zero-order valence-corrected chi connectivity index (χ0v) is 13.7. The topological polar surface area (TPSA) is 34.1 Å². The largest absolute Gasteiger partial charge is 0.289 e. The zero-order chi connectivity index (χ0) is 15.9. The van der Waals surface area contributed by atoms with Gasteiger partial charge in [0, 0.05) is 22.3 Å². The summed E-state index contributed by atoms with van der Waals surface area (Å²) in [5.41, 5.74) is 2.84. The molecule has 0 aromatic heterocycles. The number of hydrogen-bond donors (Lipinski definition) is 0. The van der Waals surface area contributed by atoms with E-state index in [1.165, 1.54) is 0 Å². The fourth-order valence-electron chi connectivity index (χ4n) is 3.91. The summed E-state index contributed by atoms with van der Waals surface area (Å²) in [6.45, 7) is 6.62. The van der Waals surface area contributed by atoms with Crippen molar-refractivity contribution in [3.05, 3.63) is 46.5 Å². The van der Waals surface area contributed by atoms with Crippen LogP contribution in [0.15, 0.2) is 35.4 Å². The van der Waals surface area contributed by atoms with Crippen molar-refractivity contribution in [1.29, 1.82) is 0 Å². The van der Waals surface area contributed by atoms with E-state index in [-0.39, 0.29) is 17.5 Å². The number of ketones is 2. The molecule has 3 rings (SSSR count). The standard InChI is InChI=1S/C20H24O2/c1-12(2)8-9-14-10-13(3)11-17-18(14)20(22)16-7-5-4-6-15(16)19(17)21/h4-7,12-14H,8-11H2,1-3H3. The van der Waals surface area contributed by atoms with Crippen molar-refractivity contribution in [2.45, 2.75) is 46.5 Å². The van der Waals surface area contributed by atoms with Crippen LogP contribution in [0.1, 0.15) is 67.2 Å². The third-order valence-electron chi connectivity index (χ3n) is 5.00. The van der Waals surface area contributed by atoms with Crippen molar-refractivity contribution >= 4 is 11.6 Å². The van der Waals surface area contributed by atoms with Gasteiger partial charge in [0.05, 0.1) is 0 Å². The SMILES string of the molecule is CC(C)CCC1CC(C)CC2=C1C(=O)c1ccccc1C2=O. The third kappa shape index (κ3) is 2.55. The van der Waals surface area contributed by atoms with Gasteiger partial charge in [-0.25, -0.2) is 0 Å². The van der Waals surface area contributed by atoms with E-state index >= 15 is 0 Å². The predicted octanol–water partition coefficient (Wildman–Crippen LogP) is 4.84. The van der Waals surface area contributed by atoms with E-state index in [2.05, 4.69) is 20.8 Å². The van der Waals surface area contributed by atoms with Crippen LogP contribution < -0.4 is 0 Å². The number of rotatable bonds is 3. The highest BCUT2D eigenvalue weighted by molar-refractivity contribution is 6.27. The zero-order valence-electron chi connectivity index (χ0n) is 13.7. The fourth-order valence-corrected chi connectivity index (χ4v) is 3.91. The second-order valence-corrected chi connectivity index (χ2v) is 7.31. The van der Waals surface area contributed by atoms with Crippen molar-refractivity contribution in [3.63, 3.8) is 0 Å². The van der Waals surface area contributed by atoms with Gasteiger partial charge in [-0.05, 0) is 37.0 Å². The maximum atomic E-state index is 12.9. The molecule has 2 nitrogen and oxygen atoms in total. The molecule has 2 aliphatic rings. The molecule has 22 heavy (non-hydrogen) atoms. The van der Waals surface area contributed by atoms with Crippen molar-refractivity contribution < 1.29 is 9.59 Å². The van der Waals surface area contributed by atoms with E-state index < -0.39 is 0 Å². The van der Waals surface area contributed by atoms with Crippen LogP contribution in [0.3, 0.4) is 0 Å². The van der Waals surface area contributed by atoms with E-state index in [4.69, 9.17) is 0 Å². The van der Waals surface area contributed by atoms with E-state index in [0.717, 1.165) is 36.8 Å². The summed E-state index contributed by atoms with van der Waals surface area (Å²) in [4.78, 5) is 25.8. The Bertz CT molecular complexity index is 651. The van der Waals surface area contributed by atoms with Crippen LogP contribution in [0.2, 0.25) is 0 Å². The van der Waals surface area contributed by atoms with Gasteiger partial charge in [-0.15, -0.1) is 0 Å². The summed E-state index contributed by atoms with van der Waals surface area (Å²) in [5, 5.41) is 0. The molecule has 0 spiro atoms.